The van der Waals surface area contributed by atoms with E-state index in [2.05, 4.69) is 6.92 Å². The van der Waals surface area contributed by atoms with Gasteiger partial charge in [0.25, 0.3) is 0 Å². The highest BCUT2D eigenvalue weighted by Crippen LogP contribution is 2.36. The molecule has 100 valence electrons. The molecular weight excluding hydrogens is 260 g/mol. The molecule has 1 N–H and O–H groups in total. The minimum atomic E-state index is -2.94. The Morgan fingerprint density at radius 2 is 2.06 bits per heavy atom. The molecule has 0 radical (unpaired) electrons. The highest BCUT2D eigenvalue weighted by molar-refractivity contribution is 8.01. The van der Waals surface area contributed by atoms with Crippen LogP contribution in [0.2, 0.25) is 0 Å². The number of aliphatic carboxylic acids is 1. The fraction of sp³-hybridized carbons (Fsp3) is 0.909. The highest BCUT2D eigenvalue weighted by atomic mass is 32.2. The SMILES string of the molecule is CC1CCC(C(=O)O)C(SCCS(C)(=O)=O)C1. The molecule has 1 fully saturated rings. The average molecular weight is 280 g/mol. The third kappa shape index (κ3) is 5.29. The molecule has 0 bridgehead atoms. The van der Waals surface area contributed by atoms with Gasteiger partial charge in [0, 0.05) is 17.3 Å². The van der Waals surface area contributed by atoms with Gasteiger partial charge in [-0.05, 0) is 25.2 Å². The lowest BCUT2D eigenvalue weighted by Crippen LogP contribution is -2.32. The van der Waals surface area contributed by atoms with Gasteiger partial charge in [-0.3, -0.25) is 4.79 Å². The van der Waals surface area contributed by atoms with E-state index in [-0.39, 0.29) is 16.9 Å². The van der Waals surface area contributed by atoms with Crippen molar-refractivity contribution in [3.63, 3.8) is 0 Å². The molecule has 6 heteroatoms. The smallest absolute Gasteiger partial charge is 0.307 e. The second kappa shape index (κ2) is 6.09. The first kappa shape index (κ1) is 14.8. The standard InChI is InChI=1S/C11H20O4S2/c1-8-3-4-9(11(12)13)10(7-8)16-5-6-17(2,14)15/h8-10H,3-7H2,1-2H3,(H,12,13). The Morgan fingerprint density at radius 1 is 1.41 bits per heavy atom. The zero-order chi connectivity index (χ0) is 13.1. The summed E-state index contributed by atoms with van der Waals surface area (Å²) in [6.45, 7) is 2.13. The molecular formula is C11H20O4S2. The summed E-state index contributed by atoms with van der Waals surface area (Å²) in [5.74, 6) is 0.125. The van der Waals surface area contributed by atoms with Gasteiger partial charge in [0.15, 0.2) is 0 Å². The Kier molecular flexibility index (Phi) is 5.31. The maximum atomic E-state index is 11.1. The van der Waals surface area contributed by atoms with E-state index in [1.54, 1.807) is 0 Å². The van der Waals surface area contributed by atoms with Crippen molar-refractivity contribution in [2.45, 2.75) is 31.4 Å². The van der Waals surface area contributed by atoms with Gasteiger partial charge in [-0.1, -0.05) is 6.92 Å². The normalized spacial score (nSPS) is 30.1. The average Bonchev–Trinajstić information content (AvgIpc) is 2.15. The van der Waals surface area contributed by atoms with Crippen LogP contribution in [0.15, 0.2) is 0 Å². The van der Waals surface area contributed by atoms with Gasteiger partial charge in [-0.15, -0.1) is 0 Å². The number of hydrogen-bond donors (Lipinski definition) is 1. The molecule has 3 atom stereocenters. The van der Waals surface area contributed by atoms with Crippen molar-refractivity contribution in [2.24, 2.45) is 11.8 Å². The first-order chi connectivity index (χ1) is 7.79. The van der Waals surface area contributed by atoms with E-state index in [4.69, 9.17) is 5.11 Å². The molecule has 0 aromatic heterocycles. The number of sulfone groups is 1. The minimum absolute atomic E-state index is 0.0676. The van der Waals surface area contributed by atoms with Gasteiger partial charge in [-0.2, -0.15) is 11.8 Å². The molecule has 1 rings (SSSR count). The molecule has 1 saturated carbocycles. The zero-order valence-electron chi connectivity index (χ0n) is 10.3. The largest absolute Gasteiger partial charge is 0.481 e. The molecule has 0 aliphatic heterocycles. The van der Waals surface area contributed by atoms with Crippen LogP contribution in [0, 0.1) is 11.8 Å². The third-order valence-corrected chi connectivity index (χ3v) is 5.75. The Morgan fingerprint density at radius 3 is 2.59 bits per heavy atom. The summed E-state index contributed by atoms with van der Waals surface area (Å²) < 4.78 is 22.0. The predicted molar refractivity (Wildman–Crippen MR) is 70.1 cm³/mol. The van der Waals surface area contributed by atoms with Gasteiger partial charge in [0.1, 0.15) is 9.84 Å². The van der Waals surface area contributed by atoms with Crippen molar-refractivity contribution in [2.75, 3.05) is 17.8 Å². The number of carbonyl (C=O) groups is 1. The van der Waals surface area contributed by atoms with Crippen LogP contribution in [0.5, 0.6) is 0 Å². The van der Waals surface area contributed by atoms with E-state index in [1.807, 2.05) is 0 Å². The molecule has 0 saturated heterocycles. The van der Waals surface area contributed by atoms with Gasteiger partial charge < -0.3 is 5.11 Å². The van der Waals surface area contributed by atoms with Crippen molar-refractivity contribution in [1.29, 1.82) is 0 Å². The topological polar surface area (TPSA) is 71.4 Å². The monoisotopic (exact) mass is 280 g/mol. The molecule has 0 aromatic carbocycles. The van der Waals surface area contributed by atoms with Crippen molar-refractivity contribution < 1.29 is 18.3 Å². The van der Waals surface area contributed by atoms with E-state index in [1.165, 1.54) is 18.0 Å². The molecule has 1 aliphatic carbocycles. The van der Waals surface area contributed by atoms with Gasteiger partial charge in [0.2, 0.25) is 0 Å². The summed E-state index contributed by atoms with van der Waals surface area (Å²) in [5.41, 5.74) is 0. The van der Waals surface area contributed by atoms with Crippen LogP contribution in [0.1, 0.15) is 26.2 Å². The lowest BCUT2D eigenvalue weighted by Gasteiger charge is -2.31. The Hall–Kier alpha value is -0.230. The highest BCUT2D eigenvalue weighted by Gasteiger charge is 2.33. The molecule has 3 unspecified atom stereocenters. The lowest BCUT2D eigenvalue weighted by molar-refractivity contribution is -0.142. The van der Waals surface area contributed by atoms with Crippen molar-refractivity contribution in [3.05, 3.63) is 0 Å². The number of thioether (sulfide) groups is 1. The summed E-state index contributed by atoms with van der Waals surface area (Å²) in [6.07, 6.45) is 3.77. The van der Waals surface area contributed by atoms with Gasteiger partial charge in [-0.25, -0.2) is 8.42 Å². The quantitative estimate of drug-likeness (QED) is 0.829. The summed E-state index contributed by atoms with van der Waals surface area (Å²) in [5, 5.41) is 9.19. The van der Waals surface area contributed by atoms with Crippen molar-refractivity contribution in [3.8, 4) is 0 Å². The Balaban J connectivity index is 2.49. The third-order valence-electron chi connectivity index (χ3n) is 3.16. The number of rotatable bonds is 5. The van der Waals surface area contributed by atoms with E-state index in [0.717, 1.165) is 12.8 Å². The van der Waals surface area contributed by atoms with Crippen LogP contribution in [0.4, 0.5) is 0 Å². The predicted octanol–water partition coefficient (Wildman–Crippen LogP) is 1.65. The van der Waals surface area contributed by atoms with E-state index >= 15 is 0 Å². The van der Waals surface area contributed by atoms with Crippen LogP contribution >= 0.6 is 11.8 Å². The van der Waals surface area contributed by atoms with Gasteiger partial charge >= 0.3 is 5.97 Å². The van der Waals surface area contributed by atoms with Crippen LogP contribution in [-0.4, -0.2) is 42.5 Å². The maximum absolute atomic E-state index is 11.1. The van der Waals surface area contributed by atoms with Crippen molar-refractivity contribution in [1.82, 2.24) is 0 Å². The Bertz CT molecular complexity index is 364. The van der Waals surface area contributed by atoms with Crippen molar-refractivity contribution >= 4 is 27.6 Å². The fourth-order valence-electron chi connectivity index (χ4n) is 2.15. The second-order valence-corrected chi connectivity index (χ2v) is 8.51. The van der Waals surface area contributed by atoms with Crippen LogP contribution in [0.3, 0.4) is 0 Å². The Labute approximate surface area is 107 Å². The maximum Gasteiger partial charge on any atom is 0.307 e. The molecule has 0 heterocycles. The van der Waals surface area contributed by atoms with Crippen LogP contribution in [-0.2, 0) is 14.6 Å². The second-order valence-electron chi connectivity index (χ2n) is 4.90. The van der Waals surface area contributed by atoms with E-state index < -0.39 is 15.8 Å². The summed E-state index contributed by atoms with van der Waals surface area (Å²) in [4.78, 5) is 11.1. The molecule has 1 aliphatic rings. The first-order valence-electron chi connectivity index (χ1n) is 5.81. The van der Waals surface area contributed by atoms with E-state index in [0.29, 0.717) is 18.1 Å². The molecule has 0 spiro atoms. The summed E-state index contributed by atoms with van der Waals surface area (Å²) in [6, 6.07) is 0. The number of carboxylic acid groups (broad SMARTS) is 1. The molecule has 17 heavy (non-hydrogen) atoms. The molecule has 4 nitrogen and oxygen atoms in total. The number of hydrogen-bond acceptors (Lipinski definition) is 4. The van der Waals surface area contributed by atoms with Crippen LogP contribution in [0.25, 0.3) is 0 Å². The molecule has 0 amide bonds. The summed E-state index contributed by atoms with van der Waals surface area (Å²) >= 11 is 1.50. The van der Waals surface area contributed by atoms with Gasteiger partial charge in [0.05, 0.1) is 11.7 Å². The minimum Gasteiger partial charge on any atom is -0.481 e. The lowest BCUT2D eigenvalue weighted by atomic mass is 9.82. The summed E-state index contributed by atoms with van der Waals surface area (Å²) in [7, 11) is -2.94. The van der Waals surface area contributed by atoms with E-state index in [9.17, 15) is 13.2 Å². The zero-order valence-corrected chi connectivity index (χ0v) is 11.9. The number of carboxylic acids is 1. The fourth-order valence-corrected chi connectivity index (χ4v) is 4.99. The first-order valence-corrected chi connectivity index (χ1v) is 8.92. The van der Waals surface area contributed by atoms with Crippen LogP contribution < -0.4 is 0 Å². The molecule has 0 aromatic rings.